The number of aromatic nitrogens is 1. The number of amides is 1. The molecule has 19 heavy (non-hydrogen) atoms. The molecule has 4 rings (SSSR count). The highest BCUT2D eigenvalue weighted by Crippen LogP contribution is 2.58. The third-order valence-corrected chi connectivity index (χ3v) is 4.21. The fraction of sp³-hybridized carbons (Fsp3) is 0.200. The van der Waals surface area contributed by atoms with Gasteiger partial charge >= 0.3 is 0 Å². The van der Waals surface area contributed by atoms with E-state index in [1.165, 1.54) is 0 Å². The molecule has 0 N–H and O–H groups in total. The molecule has 0 bridgehead atoms. The zero-order chi connectivity index (χ0) is 13.0. The molecule has 4 heteroatoms. The van der Waals surface area contributed by atoms with Gasteiger partial charge in [-0.1, -0.05) is 11.6 Å². The van der Waals surface area contributed by atoms with Crippen LogP contribution in [0.2, 0.25) is 5.02 Å². The Morgan fingerprint density at radius 1 is 1.26 bits per heavy atom. The summed E-state index contributed by atoms with van der Waals surface area (Å²) in [7, 11) is 0. The van der Waals surface area contributed by atoms with Gasteiger partial charge in [-0.3, -0.25) is 14.7 Å². The van der Waals surface area contributed by atoms with Crippen LogP contribution in [0, 0.1) is 0 Å². The van der Waals surface area contributed by atoms with Crippen LogP contribution >= 0.6 is 11.6 Å². The number of rotatable bonds is 1. The van der Waals surface area contributed by atoms with E-state index < -0.39 is 0 Å². The fourth-order valence-corrected chi connectivity index (χ4v) is 3.16. The lowest BCUT2D eigenvalue weighted by Crippen LogP contribution is -2.33. The van der Waals surface area contributed by atoms with E-state index in [-0.39, 0.29) is 11.4 Å². The molecule has 2 aliphatic rings. The molecule has 0 atom stereocenters. The Labute approximate surface area is 115 Å². The Bertz CT molecular complexity index is 680. The SMILES string of the molecule is O=C1c2ccc(Cl)cc2C2(CC2)N1c1cccnc1. The fourth-order valence-electron chi connectivity index (χ4n) is 2.99. The number of carbonyl (C=O) groups is 1. The third-order valence-electron chi connectivity index (χ3n) is 3.97. The van der Waals surface area contributed by atoms with Crippen molar-refractivity contribution in [3.05, 3.63) is 58.9 Å². The number of halogens is 1. The second-order valence-electron chi connectivity index (χ2n) is 5.07. The highest BCUT2D eigenvalue weighted by Gasteiger charge is 2.58. The molecule has 1 aromatic carbocycles. The Morgan fingerprint density at radius 3 is 2.79 bits per heavy atom. The van der Waals surface area contributed by atoms with E-state index in [0.717, 1.165) is 29.7 Å². The van der Waals surface area contributed by atoms with Gasteiger partial charge < -0.3 is 0 Å². The molecule has 0 radical (unpaired) electrons. The topological polar surface area (TPSA) is 33.2 Å². The van der Waals surface area contributed by atoms with E-state index in [2.05, 4.69) is 4.98 Å². The van der Waals surface area contributed by atoms with Crippen molar-refractivity contribution in [1.29, 1.82) is 0 Å². The van der Waals surface area contributed by atoms with Crippen molar-refractivity contribution < 1.29 is 4.79 Å². The van der Waals surface area contributed by atoms with Crippen molar-refractivity contribution in [2.75, 3.05) is 4.90 Å². The lowest BCUT2D eigenvalue weighted by Gasteiger charge is -2.24. The molecule has 1 spiro atoms. The second-order valence-corrected chi connectivity index (χ2v) is 5.51. The summed E-state index contributed by atoms with van der Waals surface area (Å²) in [4.78, 5) is 18.6. The van der Waals surface area contributed by atoms with Gasteiger partial charge in [0, 0.05) is 16.8 Å². The summed E-state index contributed by atoms with van der Waals surface area (Å²) in [6.07, 6.45) is 5.43. The molecule has 0 saturated heterocycles. The van der Waals surface area contributed by atoms with Crippen LogP contribution < -0.4 is 4.90 Å². The zero-order valence-electron chi connectivity index (χ0n) is 10.1. The minimum atomic E-state index is -0.180. The van der Waals surface area contributed by atoms with Crippen molar-refractivity contribution in [2.24, 2.45) is 0 Å². The van der Waals surface area contributed by atoms with Crippen molar-refractivity contribution in [2.45, 2.75) is 18.4 Å². The second kappa shape index (κ2) is 3.58. The summed E-state index contributed by atoms with van der Waals surface area (Å²) < 4.78 is 0. The van der Waals surface area contributed by atoms with Crippen LogP contribution in [0.5, 0.6) is 0 Å². The van der Waals surface area contributed by atoms with Crippen molar-refractivity contribution in [3.63, 3.8) is 0 Å². The number of pyridine rings is 1. The van der Waals surface area contributed by atoms with Crippen LogP contribution in [-0.2, 0) is 5.54 Å². The van der Waals surface area contributed by atoms with Gasteiger partial charge in [0.15, 0.2) is 0 Å². The first-order chi connectivity index (χ1) is 9.22. The average molecular weight is 271 g/mol. The summed E-state index contributed by atoms with van der Waals surface area (Å²) in [6, 6.07) is 9.32. The number of carbonyl (C=O) groups excluding carboxylic acids is 1. The van der Waals surface area contributed by atoms with Crippen molar-refractivity contribution in [3.8, 4) is 0 Å². The van der Waals surface area contributed by atoms with Gasteiger partial charge in [-0.25, -0.2) is 0 Å². The van der Waals surface area contributed by atoms with E-state index in [4.69, 9.17) is 11.6 Å². The van der Waals surface area contributed by atoms with Gasteiger partial charge in [-0.2, -0.15) is 0 Å². The lowest BCUT2D eigenvalue weighted by molar-refractivity contribution is 0.0989. The normalized spacial score (nSPS) is 18.8. The molecule has 2 heterocycles. The Kier molecular flexibility index (Phi) is 2.07. The Morgan fingerprint density at radius 2 is 2.11 bits per heavy atom. The summed E-state index contributed by atoms with van der Waals surface area (Å²) in [5, 5.41) is 0.686. The molecule has 0 unspecified atom stereocenters. The highest BCUT2D eigenvalue weighted by atomic mass is 35.5. The largest absolute Gasteiger partial charge is 0.297 e. The summed E-state index contributed by atoms with van der Waals surface area (Å²) in [5.41, 5.74) is 2.51. The van der Waals surface area contributed by atoms with Crippen LogP contribution in [0.4, 0.5) is 5.69 Å². The summed E-state index contributed by atoms with van der Waals surface area (Å²) in [6.45, 7) is 0. The van der Waals surface area contributed by atoms with Gasteiger partial charge in [-0.15, -0.1) is 0 Å². The molecular weight excluding hydrogens is 260 g/mol. The van der Waals surface area contributed by atoms with Crippen molar-refractivity contribution >= 4 is 23.2 Å². The van der Waals surface area contributed by atoms with Gasteiger partial charge in [0.1, 0.15) is 0 Å². The molecule has 1 aliphatic heterocycles. The van der Waals surface area contributed by atoms with Crippen LogP contribution in [-0.4, -0.2) is 10.9 Å². The molecule has 1 amide bonds. The molecular formula is C15H11ClN2O. The minimum Gasteiger partial charge on any atom is -0.297 e. The molecule has 1 aromatic heterocycles. The highest BCUT2D eigenvalue weighted by molar-refractivity contribution is 6.31. The molecule has 94 valence electrons. The maximum Gasteiger partial charge on any atom is 0.259 e. The van der Waals surface area contributed by atoms with Crippen molar-refractivity contribution in [1.82, 2.24) is 4.98 Å². The molecule has 2 aromatic rings. The van der Waals surface area contributed by atoms with Gasteiger partial charge in [0.05, 0.1) is 17.4 Å². The Balaban J connectivity index is 1.91. The van der Waals surface area contributed by atoms with E-state index in [0.29, 0.717) is 5.02 Å². The number of fused-ring (bicyclic) bond motifs is 2. The van der Waals surface area contributed by atoms with Crippen LogP contribution in [0.3, 0.4) is 0 Å². The van der Waals surface area contributed by atoms with E-state index in [1.54, 1.807) is 18.5 Å². The lowest BCUT2D eigenvalue weighted by atomic mass is 10.0. The number of hydrogen-bond donors (Lipinski definition) is 0. The average Bonchev–Trinajstić information content (AvgIpc) is 3.17. The number of anilines is 1. The maximum absolute atomic E-state index is 12.6. The minimum absolute atomic E-state index is 0.0529. The number of nitrogens with zero attached hydrogens (tertiary/aromatic N) is 2. The summed E-state index contributed by atoms with van der Waals surface area (Å²) >= 11 is 6.08. The van der Waals surface area contributed by atoms with E-state index in [1.807, 2.05) is 29.2 Å². The van der Waals surface area contributed by atoms with Crippen LogP contribution in [0.1, 0.15) is 28.8 Å². The molecule has 3 nitrogen and oxygen atoms in total. The maximum atomic E-state index is 12.6. The number of hydrogen-bond acceptors (Lipinski definition) is 2. The van der Waals surface area contributed by atoms with E-state index in [9.17, 15) is 4.79 Å². The third kappa shape index (κ3) is 1.39. The predicted octanol–water partition coefficient (Wildman–Crippen LogP) is 3.38. The molecule has 1 saturated carbocycles. The first kappa shape index (κ1) is 11.0. The summed E-state index contributed by atoms with van der Waals surface area (Å²) in [5.74, 6) is 0.0529. The van der Waals surface area contributed by atoms with Crippen LogP contribution in [0.15, 0.2) is 42.7 Å². The molecule has 1 fully saturated rings. The standard InChI is InChI=1S/C15H11ClN2O/c16-10-3-4-12-13(8-10)15(5-6-15)18(14(12)19)11-2-1-7-17-9-11/h1-4,7-9H,5-6H2. The Hall–Kier alpha value is -1.87. The zero-order valence-corrected chi connectivity index (χ0v) is 10.9. The van der Waals surface area contributed by atoms with Crippen LogP contribution in [0.25, 0.3) is 0 Å². The first-order valence-electron chi connectivity index (χ1n) is 6.27. The predicted molar refractivity (Wildman–Crippen MR) is 73.4 cm³/mol. The number of benzene rings is 1. The smallest absolute Gasteiger partial charge is 0.259 e. The quantitative estimate of drug-likeness (QED) is 0.796. The molecule has 1 aliphatic carbocycles. The first-order valence-corrected chi connectivity index (χ1v) is 6.65. The van der Waals surface area contributed by atoms with E-state index >= 15 is 0 Å². The van der Waals surface area contributed by atoms with Gasteiger partial charge in [-0.05, 0) is 48.7 Å². The van der Waals surface area contributed by atoms with Gasteiger partial charge in [0.25, 0.3) is 5.91 Å². The van der Waals surface area contributed by atoms with Gasteiger partial charge in [0.2, 0.25) is 0 Å². The monoisotopic (exact) mass is 270 g/mol.